The quantitative estimate of drug-likeness (QED) is 0.539. The highest BCUT2D eigenvalue weighted by Gasteiger charge is 2.46. The Morgan fingerprint density at radius 3 is 2.48 bits per heavy atom. The van der Waals surface area contributed by atoms with Gasteiger partial charge in [-0.1, -0.05) is 62.4 Å². The Morgan fingerprint density at radius 2 is 1.76 bits per heavy atom. The second kappa shape index (κ2) is 9.34. The number of ketones is 1. The summed E-state index contributed by atoms with van der Waals surface area (Å²) >= 11 is 0. The van der Waals surface area contributed by atoms with Crippen molar-refractivity contribution in [2.24, 2.45) is 16.3 Å². The van der Waals surface area contributed by atoms with Crippen molar-refractivity contribution < 1.29 is 19.1 Å². The third kappa shape index (κ3) is 4.77. The largest absolute Gasteiger partial charge is 0.489 e. The van der Waals surface area contributed by atoms with Crippen LogP contribution in [0.2, 0.25) is 0 Å². The first-order chi connectivity index (χ1) is 15.8. The molecule has 0 N–H and O–H groups in total. The van der Waals surface area contributed by atoms with Crippen LogP contribution < -0.4 is 4.74 Å². The molecule has 5 nitrogen and oxygen atoms in total. The normalized spacial score (nSPS) is 21.8. The molecule has 1 aliphatic heterocycles. The summed E-state index contributed by atoms with van der Waals surface area (Å²) in [6.07, 6.45) is 1.13. The minimum Gasteiger partial charge on any atom is -0.489 e. The lowest BCUT2D eigenvalue weighted by atomic mass is 9.66. The van der Waals surface area contributed by atoms with Crippen molar-refractivity contribution in [3.8, 4) is 5.75 Å². The molecule has 2 aliphatic rings. The molecule has 1 heterocycles. The summed E-state index contributed by atoms with van der Waals surface area (Å²) in [5.41, 5.74) is 3.81. The van der Waals surface area contributed by atoms with Crippen molar-refractivity contribution in [3.05, 3.63) is 77.0 Å². The predicted molar refractivity (Wildman–Crippen MR) is 128 cm³/mol. The van der Waals surface area contributed by atoms with Gasteiger partial charge in [-0.05, 0) is 37.3 Å². The number of aliphatic imine (C=N–C) groups is 1. The molecule has 2 atom stereocenters. The van der Waals surface area contributed by atoms with Crippen LogP contribution in [0.25, 0.3) is 0 Å². The number of ether oxygens (including phenoxy) is 2. The Balaban J connectivity index is 1.80. The number of allylic oxidation sites excluding steroid dienone is 2. The van der Waals surface area contributed by atoms with Crippen LogP contribution in [0.4, 0.5) is 0 Å². The summed E-state index contributed by atoms with van der Waals surface area (Å²) in [6, 6.07) is 17.6. The molecule has 0 spiro atoms. The summed E-state index contributed by atoms with van der Waals surface area (Å²) in [4.78, 5) is 31.3. The van der Waals surface area contributed by atoms with E-state index in [1.54, 1.807) is 6.92 Å². The van der Waals surface area contributed by atoms with Crippen LogP contribution in [0.15, 0.2) is 70.9 Å². The molecule has 33 heavy (non-hydrogen) atoms. The molecule has 5 heteroatoms. The first-order valence-corrected chi connectivity index (χ1v) is 11.5. The fourth-order valence-corrected chi connectivity index (χ4v) is 4.92. The van der Waals surface area contributed by atoms with E-state index in [-0.39, 0.29) is 23.8 Å². The van der Waals surface area contributed by atoms with Crippen LogP contribution in [0, 0.1) is 11.3 Å². The number of benzene rings is 2. The highest BCUT2D eigenvalue weighted by Crippen LogP contribution is 2.49. The van der Waals surface area contributed by atoms with Crippen LogP contribution in [0.1, 0.15) is 57.6 Å². The second-order valence-corrected chi connectivity index (χ2v) is 9.57. The average Bonchev–Trinajstić information content (AvgIpc) is 2.77. The van der Waals surface area contributed by atoms with Gasteiger partial charge in [0.2, 0.25) is 0 Å². The molecular formula is C28H31NO4. The second-order valence-electron chi connectivity index (χ2n) is 9.57. The maximum Gasteiger partial charge on any atom is 0.315 e. The topological polar surface area (TPSA) is 65.0 Å². The van der Waals surface area contributed by atoms with Gasteiger partial charge in [0, 0.05) is 34.9 Å². The molecule has 2 aromatic carbocycles. The molecule has 0 saturated heterocycles. The van der Waals surface area contributed by atoms with Gasteiger partial charge in [0.15, 0.2) is 5.78 Å². The van der Waals surface area contributed by atoms with E-state index in [9.17, 15) is 9.59 Å². The molecule has 4 rings (SSSR count). The SMILES string of the molecule is CCOC(=O)C1C(C)=NC2=C(C(=O)CC(C)(C)C2)[C@H]1c1ccccc1OCc1ccccc1. The van der Waals surface area contributed by atoms with Crippen LogP contribution in [-0.4, -0.2) is 24.1 Å². The molecular weight excluding hydrogens is 414 g/mol. The standard InChI is InChI=1S/C28H31NO4/c1-5-32-27(31)24-18(2)29-21-15-28(3,4)16-22(30)26(21)25(24)20-13-9-10-14-23(20)33-17-19-11-7-6-8-12-19/h6-14,24-25H,5,15-17H2,1-4H3/t24?,25-/m0/s1. The van der Waals surface area contributed by atoms with E-state index < -0.39 is 11.8 Å². The van der Waals surface area contributed by atoms with E-state index in [0.717, 1.165) is 16.8 Å². The molecule has 0 bridgehead atoms. The Bertz CT molecular complexity index is 1110. The Hall–Kier alpha value is -3.21. The Morgan fingerprint density at radius 1 is 1.06 bits per heavy atom. The molecule has 172 valence electrons. The predicted octanol–water partition coefficient (Wildman–Crippen LogP) is 5.65. The Kier molecular flexibility index (Phi) is 6.50. The number of nitrogens with zero attached hydrogens (tertiary/aromatic N) is 1. The molecule has 0 fully saturated rings. The van der Waals surface area contributed by atoms with Gasteiger partial charge in [-0.15, -0.1) is 0 Å². The van der Waals surface area contributed by atoms with Crippen molar-refractivity contribution in [3.63, 3.8) is 0 Å². The summed E-state index contributed by atoms with van der Waals surface area (Å²) in [5, 5.41) is 0. The first kappa shape index (κ1) is 23.0. The molecule has 2 aromatic rings. The molecule has 1 aliphatic carbocycles. The lowest BCUT2D eigenvalue weighted by Gasteiger charge is -2.39. The van der Waals surface area contributed by atoms with Gasteiger partial charge in [-0.3, -0.25) is 14.6 Å². The fourth-order valence-electron chi connectivity index (χ4n) is 4.92. The molecule has 0 aromatic heterocycles. The fraction of sp³-hybridized carbons (Fsp3) is 0.393. The van der Waals surface area contributed by atoms with Gasteiger partial charge in [0.25, 0.3) is 0 Å². The van der Waals surface area contributed by atoms with E-state index in [4.69, 9.17) is 14.5 Å². The first-order valence-electron chi connectivity index (χ1n) is 11.5. The third-order valence-corrected chi connectivity index (χ3v) is 6.33. The summed E-state index contributed by atoms with van der Waals surface area (Å²) < 4.78 is 11.7. The van der Waals surface area contributed by atoms with E-state index in [1.807, 2.05) is 61.5 Å². The van der Waals surface area contributed by atoms with Gasteiger partial charge < -0.3 is 9.47 Å². The van der Waals surface area contributed by atoms with Gasteiger partial charge in [0.1, 0.15) is 18.3 Å². The van der Waals surface area contributed by atoms with Crippen LogP contribution >= 0.6 is 0 Å². The van der Waals surface area contributed by atoms with E-state index in [1.165, 1.54) is 0 Å². The smallest absolute Gasteiger partial charge is 0.315 e. The van der Waals surface area contributed by atoms with Crippen LogP contribution in [-0.2, 0) is 20.9 Å². The molecule has 0 amide bonds. The maximum absolute atomic E-state index is 13.4. The molecule has 0 radical (unpaired) electrons. The van der Waals surface area contributed by atoms with Crippen LogP contribution in [0.5, 0.6) is 5.75 Å². The van der Waals surface area contributed by atoms with Gasteiger partial charge in [-0.25, -0.2) is 0 Å². The lowest BCUT2D eigenvalue weighted by Crippen LogP contribution is -2.39. The van der Waals surface area contributed by atoms with Gasteiger partial charge in [-0.2, -0.15) is 0 Å². The number of Topliss-reactive ketones (excluding diaryl/α,β-unsaturated/α-hetero) is 1. The van der Waals surface area contributed by atoms with Crippen molar-refractivity contribution in [2.75, 3.05) is 6.61 Å². The summed E-state index contributed by atoms with van der Waals surface area (Å²) in [5.74, 6) is -0.775. The van der Waals surface area contributed by atoms with Gasteiger partial charge >= 0.3 is 5.97 Å². The summed E-state index contributed by atoms with van der Waals surface area (Å²) in [6.45, 7) is 8.49. The maximum atomic E-state index is 13.4. The third-order valence-electron chi connectivity index (χ3n) is 6.33. The highest BCUT2D eigenvalue weighted by molar-refractivity contribution is 6.09. The van der Waals surface area contributed by atoms with E-state index in [2.05, 4.69) is 13.8 Å². The minimum atomic E-state index is -0.657. The highest BCUT2D eigenvalue weighted by atomic mass is 16.5. The lowest BCUT2D eigenvalue weighted by molar-refractivity contribution is -0.146. The van der Waals surface area contributed by atoms with Crippen LogP contribution in [0.3, 0.4) is 0 Å². The number of hydrogen-bond acceptors (Lipinski definition) is 5. The number of rotatable bonds is 6. The Labute approximate surface area is 195 Å². The zero-order valence-corrected chi connectivity index (χ0v) is 19.8. The minimum absolute atomic E-state index is 0.0506. The van der Waals surface area contributed by atoms with Crippen molar-refractivity contribution in [2.45, 2.75) is 53.1 Å². The van der Waals surface area contributed by atoms with Crippen molar-refractivity contribution in [1.82, 2.24) is 0 Å². The van der Waals surface area contributed by atoms with Crippen molar-refractivity contribution in [1.29, 1.82) is 0 Å². The molecule has 0 saturated carbocycles. The number of carbonyl (C=O) groups excluding carboxylic acids is 2. The number of esters is 1. The number of hydrogen-bond donors (Lipinski definition) is 0. The number of carbonyl (C=O) groups is 2. The zero-order chi connectivity index (χ0) is 23.6. The zero-order valence-electron chi connectivity index (χ0n) is 19.8. The molecule has 1 unspecified atom stereocenters. The monoisotopic (exact) mass is 445 g/mol. The van der Waals surface area contributed by atoms with Gasteiger partial charge in [0.05, 0.1) is 6.61 Å². The number of para-hydroxylation sites is 1. The van der Waals surface area contributed by atoms with E-state index >= 15 is 0 Å². The van der Waals surface area contributed by atoms with Crippen molar-refractivity contribution >= 4 is 17.5 Å². The summed E-state index contributed by atoms with van der Waals surface area (Å²) in [7, 11) is 0. The average molecular weight is 446 g/mol. The van der Waals surface area contributed by atoms with E-state index in [0.29, 0.717) is 36.5 Å².